The van der Waals surface area contributed by atoms with Crippen LogP contribution in [0.4, 0.5) is 5.95 Å². The Morgan fingerprint density at radius 2 is 1.64 bits per heavy atom. The summed E-state index contributed by atoms with van der Waals surface area (Å²) in [6.45, 7) is 0.314. The normalized spacial score (nSPS) is 23.2. The van der Waals surface area contributed by atoms with Crippen LogP contribution in [-0.2, 0) is 16.1 Å². The molecule has 2 atom stereocenters. The Morgan fingerprint density at radius 1 is 1.04 bits per heavy atom. The van der Waals surface area contributed by atoms with Gasteiger partial charge in [-0.3, -0.25) is 9.59 Å². The number of hydrogen-bond acceptors (Lipinski definition) is 4. The monoisotopic (exact) mass is 378 g/mol. The lowest BCUT2D eigenvalue weighted by atomic mass is 9.81. The maximum atomic E-state index is 12.6. The van der Waals surface area contributed by atoms with Crippen molar-refractivity contribution in [3.8, 4) is 0 Å². The smallest absolute Gasteiger partial charge is 0.258 e. The highest BCUT2D eigenvalue weighted by molar-refractivity contribution is 6.36. The van der Waals surface area contributed by atoms with Crippen LogP contribution in [0, 0.1) is 11.8 Å². The molecule has 1 saturated heterocycles. The largest absolute Gasteiger partial charge is 0.274 e. The van der Waals surface area contributed by atoms with Gasteiger partial charge in [-0.05, 0) is 25.0 Å². The Balaban J connectivity index is 1.59. The molecule has 8 heteroatoms. The fourth-order valence-corrected chi connectivity index (χ4v) is 4.19. The average Bonchev–Trinajstić information content (AvgIpc) is 3.15. The van der Waals surface area contributed by atoms with Crippen LogP contribution in [0.2, 0.25) is 10.0 Å². The van der Waals surface area contributed by atoms with Crippen molar-refractivity contribution in [3.05, 3.63) is 40.1 Å². The number of amides is 2. The van der Waals surface area contributed by atoms with Crippen LogP contribution in [-0.4, -0.2) is 26.6 Å². The molecule has 2 aromatic rings. The van der Waals surface area contributed by atoms with E-state index in [4.69, 9.17) is 23.2 Å². The summed E-state index contributed by atoms with van der Waals surface area (Å²) in [4.78, 5) is 30.5. The van der Waals surface area contributed by atoms with Gasteiger partial charge in [-0.2, -0.15) is 4.98 Å². The van der Waals surface area contributed by atoms with Crippen molar-refractivity contribution < 1.29 is 9.59 Å². The molecule has 1 saturated carbocycles. The average molecular weight is 379 g/mol. The summed E-state index contributed by atoms with van der Waals surface area (Å²) >= 11 is 12.4. The lowest BCUT2D eigenvalue weighted by Crippen LogP contribution is -2.32. The van der Waals surface area contributed by atoms with Crippen molar-refractivity contribution in [2.45, 2.75) is 32.2 Å². The van der Waals surface area contributed by atoms with E-state index in [1.54, 1.807) is 18.2 Å². The van der Waals surface area contributed by atoms with E-state index < -0.39 is 0 Å². The minimum Gasteiger partial charge on any atom is -0.274 e. The third-order valence-corrected chi connectivity index (χ3v) is 5.66. The fourth-order valence-electron chi connectivity index (χ4n) is 3.67. The highest BCUT2D eigenvalue weighted by atomic mass is 35.5. The lowest BCUT2D eigenvalue weighted by Gasteiger charge is -2.19. The highest BCUT2D eigenvalue weighted by Crippen LogP contribution is 2.39. The number of carbonyl (C=O) groups excluding carboxylic acids is 2. The molecule has 0 radical (unpaired) electrons. The molecule has 25 heavy (non-hydrogen) atoms. The molecule has 0 N–H and O–H groups in total. The first-order valence-corrected chi connectivity index (χ1v) is 9.02. The molecule has 2 heterocycles. The van der Waals surface area contributed by atoms with Gasteiger partial charge >= 0.3 is 0 Å². The number of halogens is 2. The number of fused-ring (bicyclic) bond motifs is 1. The van der Waals surface area contributed by atoms with Gasteiger partial charge in [0.1, 0.15) is 6.33 Å². The number of imide groups is 1. The Hall–Kier alpha value is -1.92. The van der Waals surface area contributed by atoms with Crippen LogP contribution in [0.1, 0.15) is 31.2 Å². The van der Waals surface area contributed by atoms with Crippen LogP contribution in [0.25, 0.3) is 0 Å². The van der Waals surface area contributed by atoms with Gasteiger partial charge in [0.2, 0.25) is 11.8 Å². The molecule has 2 amide bonds. The van der Waals surface area contributed by atoms with Crippen LogP contribution in [0.3, 0.4) is 0 Å². The van der Waals surface area contributed by atoms with Gasteiger partial charge < -0.3 is 0 Å². The van der Waals surface area contributed by atoms with Gasteiger partial charge in [-0.15, -0.1) is 5.10 Å². The Labute approximate surface area is 154 Å². The molecule has 1 aliphatic carbocycles. The van der Waals surface area contributed by atoms with Crippen molar-refractivity contribution in [1.82, 2.24) is 14.8 Å². The molecule has 4 rings (SSSR count). The number of hydrogen-bond donors (Lipinski definition) is 0. The topological polar surface area (TPSA) is 68.1 Å². The van der Waals surface area contributed by atoms with Gasteiger partial charge in [0, 0.05) is 15.6 Å². The molecule has 2 fully saturated rings. The van der Waals surface area contributed by atoms with E-state index in [0.29, 0.717) is 16.6 Å². The van der Waals surface area contributed by atoms with Crippen LogP contribution >= 0.6 is 23.2 Å². The minimum atomic E-state index is -0.216. The molecule has 2 aliphatic rings. The van der Waals surface area contributed by atoms with Crippen molar-refractivity contribution >= 4 is 41.0 Å². The van der Waals surface area contributed by atoms with Crippen LogP contribution < -0.4 is 4.90 Å². The SMILES string of the molecule is O=C1[C@H]2CCCC[C@H]2C(=O)N1c1ncn(Cc2c(Cl)cccc2Cl)n1. The van der Waals surface area contributed by atoms with Crippen LogP contribution in [0.5, 0.6) is 0 Å². The third-order valence-electron chi connectivity index (χ3n) is 4.95. The van der Waals surface area contributed by atoms with Crippen LogP contribution in [0.15, 0.2) is 24.5 Å². The van der Waals surface area contributed by atoms with Crippen molar-refractivity contribution in [2.75, 3.05) is 4.90 Å². The van der Waals surface area contributed by atoms with Crippen molar-refractivity contribution in [1.29, 1.82) is 0 Å². The van der Waals surface area contributed by atoms with Gasteiger partial charge in [0.05, 0.1) is 18.4 Å². The number of carbonyl (C=O) groups is 2. The first-order chi connectivity index (χ1) is 12.1. The molecule has 0 bridgehead atoms. The zero-order valence-electron chi connectivity index (χ0n) is 13.4. The Kier molecular flexibility index (Phi) is 4.25. The van der Waals surface area contributed by atoms with Gasteiger partial charge in [0.15, 0.2) is 0 Å². The van der Waals surface area contributed by atoms with Crippen molar-refractivity contribution in [3.63, 3.8) is 0 Å². The second kappa shape index (κ2) is 6.42. The first kappa shape index (κ1) is 16.5. The van der Waals surface area contributed by atoms with E-state index in [1.807, 2.05) is 0 Å². The van der Waals surface area contributed by atoms with E-state index in [1.165, 1.54) is 11.0 Å². The summed E-state index contributed by atoms with van der Waals surface area (Å²) in [6.07, 6.45) is 4.99. The molecule has 0 spiro atoms. The zero-order valence-corrected chi connectivity index (χ0v) is 14.9. The summed E-state index contributed by atoms with van der Waals surface area (Å²) in [7, 11) is 0. The summed E-state index contributed by atoms with van der Waals surface area (Å²) in [5.74, 6) is -0.656. The van der Waals surface area contributed by atoms with Gasteiger partial charge in [-0.1, -0.05) is 42.1 Å². The standard InChI is InChI=1S/C17H16Cl2N4O2/c18-13-6-3-7-14(19)12(13)8-22-9-20-17(21-22)23-15(24)10-4-1-2-5-11(10)16(23)25/h3,6-7,9-11H,1-2,4-5,8H2/t10-,11+. The second-order valence-corrected chi connectivity index (χ2v) is 7.27. The quantitative estimate of drug-likeness (QED) is 0.768. The predicted molar refractivity (Wildman–Crippen MR) is 93.5 cm³/mol. The second-order valence-electron chi connectivity index (χ2n) is 6.45. The number of anilines is 1. The van der Waals surface area contributed by atoms with Gasteiger partial charge in [-0.25, -0.2) is 9.58 Å². The van der Waals surface area contributed by atoms with Crippen molar-refractivity contribution in [2.24, 2.45) is 11.8 Å². The molecule has 1 aromatic heterocycles. The van der Waals surface area contributed by atoms with E-state index in [2.05, 4.69) is 10.1 Å². The highest BCUT2D eigenvalue weighted by Gasteiger charge is 2.50. The molecule has 0 unspecified atom stereocenters. The molecule has 1 aliphatic heterocycles. The molecule has 6 nitrogen and oxygen atoms in total. The Bertz CT molecular complexity index is 807. The van der Waals surface area contributed by atoms with Gasteiger partial charge in [0.25, 0.3) is 5.95 Å². The number of aromatic nitrogens is 3. The maximum absolute atomic E-state index is 12.6. The van der Waals surface area contributed by atoms with E-state index >= 15 is 0 Å². The number of benzene rings is 1. The van der Waals surface area contributed by atoms with E-state index in [0.717, 1.165) is 36.1 Å². The number of nitrogens with zero attached hydrogens (tertiary/aromatic N) is 4. The Morgan fingerprint density at radius 3 is 2.24 bits per heavy atom. The molecular formula is C17H16Cl2N4O2. The molecule has 130 valence electrons. The summed E-state index contributed by atoms with van der Waals surface area (Å²) in [5.41, 5.74) is 0.718. The lowest BCUT2D eigenvalue weighted by molar-refractivity contribution is -0.122. The summed E-state index contributed by atoms with van der Waals surface area (Å²) in [6, 6.07) is 5.27. The number of rotatable bonds is 3. The predicted octanol–water partition coefficient (Wildman–Crippen LogP) is 3.31. The fraction of sp³-hybridized carbons (Fsp3) is 0.412. The minimum absolute atomic E-state index is 0.132. The molecule has 1 aromatic carbocycles. The summed E-state index contributed by atoms with van der Waals surface area (Å²) < 4.78 is 1.53. The molecular weight excluding hydrogens is 363 g/mol. The van der Waals surface area contributed by atoms with E-state index in [-0.39, 0.29) is 29.6 Å². The first-order valence-electron chi connectivity index (χ1n) is 8.26. The summed E-state index contributed by atoms with van der Waals surface area (Å²) in [5, 5.41) is 5.36. The van der Waals surface area contributed by atoms with E-state index in [9.17, 15) is 9.59 Å². The maximum Gasteiger partial charge on any atom is 0.258 e. The third kappa shape index (κ3) is 2.83. The zero-order chi connectivity index (χ0) is 17.6.